The molecule has 0 unspecified atom stereocenters. The summed E-state index contributed by atoms with van der Waals surface area (Å²) in [6.07, 6.45) is -4.51. The number of rotatable bonds is 4. The number of nitrogens with two attached hydrogens (primary N) is 1. The smallest absolute Gasteiger partial charge is 0.389 e. The van der Waals surface area contributed by atoms with Gasteiger partial charge >= 0.3 is 6.18 Å². The van der Waals surface area contributed by atoms with E-state index >= 15 is 0 Å². The van der Waals surface area contributed by atoms with Crippen molar-refractivity contribution in [1.29, 1.82) is 0 Å². The molecule has 3 N–H and O–H groups in total. The first-order valence-corrected chi connectivity index (χ1v) is 7.22. The topological polar surface area (TPSA) is 50.9 Å². The fourth-order valence-electron chi connectivity index (χ4n) is 1.79. The molecule has 0 saturated carbocycles. The van der Waals surface area contributed by atoms with Gasteiger partial charge in [0.05, 0.1) is 22.8 Å². The fraction of sp³-hybridized carbons (Fsp3) is 0.231. The van der Waals surface area contributed by atoms with E-state index < -0.39 is 11.7 Å². The third-order valence-electron chi connectivity index (χ3n) is 2.73. The van der Waals surface area contributed by atoms with Gasteiger partial charge in [0.1, 0.15) is 4.99 Å². The Kier molecular flexibility index (Phi) is 4.48. The number of hydrogen-bond donors (Lipinski definition) is 2. The van der Waals surface area contributed by atoms with E-state index in [2.05, 4.69) is 22.5 Å². The lowest BCUT2D eigenvalue weighted by atomic mass is 10.1. The molecular formula is C13H12F3N3S2. The minimum Gasteiger partial charge on any atom is -0.389 e. The molecule has 0 saturated heterocycles. The van der Waals surface area contributed by atoms with Gasteiger partial charge in [-0.3, -0.25) is 0 Å². The summed E-state index contributed by atoms with van der Waals surface area (Å²) in [6, 6.07) is 3.80. The third kappa shape index (κ3) is 3.92. The Morgan fingerprint density at radius 3 is 2.67 bits per heavy atom. The molecule has 0 amide bonds. The van der Waals surface area contributed by atoms with Crippen LogP contribution in [-0.4, -0.2) is 9.97 Å². The average Bonchev–Trinajstić information content (AvgIpc) is 2.81. The molecule has 8 heteroatoms. The van der Waals surface area contributed by atoms with Crippen molar-refractivity contribution in [2.75, 3.05) is 5.32 Å². The Labute approximate surface area is 129 Å². The highest BCUT2D eigenvalue weighted by Crippen LogP contribution is 2.34. The molecule has 0 fully saturated rings. The Morgan fingerprint density at radius 1 is 1.43 bits per heavy atom. The molecule has 0 atom stereocenters. The van der Waals surface area contributed by atoms with Crippen molar-refractivity contribution < 1.29 is 13.2 Å². The Morgan fingerprint density at radius 2 is 2.14 bits per heavy atom. The minimum atomic E-state index is -4.51. The van der Waals surface area contributed by atoms with Crippen LogP contribution in [0.4, 0.5) is 18.9 Å². The van der Waals surface area contributed by atoms with Crippen LogP contribution in [0, 0.1) is 6.92 Å². The molecule has 0 aliphatic heterocycles. The molecule has 1 aromatic carbocycles. The summed E-state index contributed by atoms with van der Waals surface area (Å²) >= 11 is 6.14. The lowest BCUT2D eigenvalue weighted by Gasteiger charge is -2.14. The first-order valence-electron chi connectivity index (χ1n) is 5.93. The number of nitrogens with zero attached hydrogens (tertiary/aromatic N) is 1. The number of thiazole rings is 1. The van der Waals surface area contributed by atoms with Gasteiger partial charge in [0.2, 0.25) is 0 Å². The predicted molar refractivity (Wildman–Crippen MR) is 81.5 cm³/mol. The van der Waals surface area contributed by atoms with Crippen molar-refractivity contribution in [3.8, 4) is 0 Å². The normalized spacial score (nSPS) is 11.4. The van der Waals surface area contributed by atoms with Crippen LogP contribution in [0.5, 0.6) is 0 Å². The van der Waals surface area contributed by atoms with E-state index in [0.717, 1.165) is 16.8 Å². The van der Waals surface area contributed by atoms with E-state index in [-0.39, 0.29) is 10.6 Å². The zero-order chi connectivity index (χ0) is 15.6. The van der Waals surface area contributed by atoms with E-state index in [0.29, 0.717) is 12.2 Å². The summed E-state index contributed by atoms with van der Waals surface area (Å²) in [5.41, 5.74) is 5.44. The second-order valence-electron chi connectivity index (χ2n) is 4.33. The number of alkyl halides is 3. The maximum absolute atomic E-state index is 13.0. The average molecular weight is 331 g/mol. The van der Waals surface area contributed by atoms with Gasteiger partial charge in [-0.25, -0.2) is 4.98 Å². The molecule has 21 heavy (non-hydrogen) atoms. The standard InChI is InChI=1S/C13H12F3N3S2/c1-7-19-9(6-21-7)5-18-8-2-3-10(12(17)20)11(4-8)13(14,15)16/h2-4,6,18H,5H2,1H3,(H2,17,20). The molecule has 0 aliphatic carbocycles. The minimum absolute atomic E-state index is 0.174. The summed E-state index contributed by atoms with van der Waals surface area (Å²) in [6.45, 7) is 2.22. The molecule has 112 valence electrons. The van der Waals surface area contributed by atoms with Crippen molar-refractivity contribution in [2.45, 2.75) is 19.6 Å². The lowest BCUT2D eigenvalue weighted by Crippen LogP contribution is -2.18. The molecule has 2 aromatic rings. The largest absolute Gasteiger partial charge is 0.417 e. The first kappa shape index (κ1) is 15.7. The van der Waals surface area contributed by atoms with Crippen molar-refractivity contribution >= 4 is 34.2 Å². The molecule has 0 spiro atoms. The molecular weight excluding hydrogens is 319 g/mol. The van der Waals surface area contributed by atoms with Crippen LogP contribution in [-0.2, 0) is 12.7 Å². The Balaban J connectivity index is 2.23. The highest BCUT2D eigenvalue weighted by Gasteiger charge is 2.34. The number of aryl methyl sites for hydroxylation is 1. The SMILES string of the molecule is Cc1nc(CNc2ccc(C(N)=S)c(C(F)(F)F)c2)cs1. The van der Waals surface area contributed by atoms with Crippen LogP contribution in [0.15, 0.2) is 23.6 Å². The summed E-state index contributed by atoms with van der Waals surface area (Å²) < 4.78 is 39.0. The van der Waals surface area contributed by atoms with Crippen LogP contribution in [0.3, 0.4) is 0 Å². The summed E-state index contributed by atoms with van der Waals surface area (Å²) in [7, 11) is 0. The molecule has 1 aromatic heterocycles. The molecule has 0 radical (unpaired) electrons. The van der Waals surface area contributed by atoms with Crippen LogP contribution in [0.25, 0.3) is 0 Å². The quantitative estimate of drug-likeness (QED) is 0.839. The predicted octanol–water partition coefficient (Wildman–Crippen LogP) is 3.72. The molecule has 3 nitrogen and oxygen atoms in total. The second-order valence-corrected chi connectivity index (χ2v) is 5.84. The van der Waals surface area contributed by atoms with Gasteiger partial charge in [-0.15, -0.1) is 11.3 Å². The van der Waals surface area contributed by atoms with E-state index in [1.807, 2.05) is 12.3 Å². The van der Waals surface area contributed by atoms with Crippen LogP contribution >= 0.6 is 23.6 Å². The van der Waals surface area contributed by atoms with Crippen molar-refractivity contribution in [1.82, 2.24) is 4.98 Å². The lowest BCUT2D eigenvalue weighted by molar-refractivity contribution is -0.137. The van der Waals surface area contributed by atoms with Gasteiger partial charge in [0, 0.05) is 16.6 Å². The number of thiocarbonyl (C=S) groups is 1. The van der Waals surface area contributed by atoms with Crippen LogP contribution in [0.2, 0.25) is 0 Å². The van der Waals surface area contributed by atoms with Crippen LogP contribution in [0.1, 0.15) is 21.8 Å². The van der Waals surface area contributed by atoms with Gasteiger partial charge in [0.15, 0.2) is 0 Å². The second kappa shape index (κ2) is 5.98. The number of hydrogen-bond acceptors (Lipinski definition) is 4. The van der Waals surface area contributed by atoms with Gasteiger partial charge in [0.25, 0.3) is 0 Å². The molecule has 0 bridgehead atoms. The van der Waals surface area contributed by atoms with Gasteiger partial charge in [-0.1, -0.05) is 12.2 Å². The monoisotopic (exact) mass is 331 g/mol. The maximum atomic E-state index is 13.0. The van der Waals surface area contributed by atoms with Crippen molar-refractivity contribution in [3.05, 3.63) is 45.4 Å². The summed E-state index contributed by atoms with van der Waals surface area (Å²) in [5, 5.41) is 5.68. The number of nitrogens with one attached hydrogen (secondary N) is 1. The molecule has 1 heterocycles. The Bertz CT molecular complexity index is 665. The van der Waals surface area contributed by atoms with E-state index in [1.165, 1.54) is 23.5 Å². The van der Waals surface area contributed by atoms with Crippen molar-refractivity contribution in [2.24, 2.45) is 5.73 Å². The summed E-state index contributed by atoms with van der Waals surface area (Å²) in [5.74, 6) is 0. The zero-order valence-corrected chi connectivity index (χ0v) is 12.6. The highest BCUT2D eigenvalue weighted by atomic mass is 32.1. The summed E-state index contributed by atoms with van der Waals surface area (Å²) in [4.78, 5) is 3.96. The Hall–Kier alpha value is -1.67. The van der Waals surface area contributed by atoms with Crippen molar-refractivity contribution in [3.63, 3.8) is 0 Å². The zero-order valence-electron chi connectivity index (χ0n) is 11.0. The van der Waals surface area contributed by atoms with Gasteiger partial charge in [-0.05, 0) is 25.1 Å². The number of halogens is 3. The molecule has 2 rings (SSSR count). The maximum Gasteiger partial charge on any atom is 0.417 e. The highest BCUT2D eigenvalue weighted by molar-refractivity contribution is 7.80. The van der Waals surface area contributed by atoms with Crippen LogP contribution < -0.4 is 11.1 Å². The molecule has 0 aliphatic rings. The third-order valence-corrected chi connectivity index (χ3v) is 3.77. The van der Waals surface area contributed by atoms with Gasteiger partial charge < -0.3 is 11.1 Å². The number of benzene rings is 1. The van der Waals surface area contributed by atoms with E-state index in [4.69, 9.17) is 5.73 Å². The first-order chi connectivity index (χ1) is 9.77. The number of aromatic nitrogens is 1. The van der Waals surface area contributed by atoms with E-state index in [9.17, 15) is 13.2 Å². The van der Waals surface area contributed by atoms with E-state index in [1.54, 1.807) is 0 Å². The number of anilines is 1. The van der Waals surface area contributed by atoms with Gasteiger partial charge in [-0.2, -0.15) is 13.2 Å². The fourth-order valence-corrected chi connectivity index (χ4v) is 2.58.